The van der Waals surface area contributed by atoms with Gasteiger partial charge in [-0.05, 0) is 66.4 Å². The van der Waals surface area contributed by atoms with E-state index in [9.17, 15) is 4.79 Å². The standard InChI is InChI=1S/C20H29BN2O4/c1-9-15-14-12-13(21-26-19(5,6)20(7,8)27-21)10-11-16(14)23(22-15)17(24)25-18(2,3)4/h10-12H,9H2,1-8H3. The van der Waals surface area contributed by atoms with Crippen LogP contribution in [-0.4, -0.2) is 39.8 Å². The van der Waals surface area contributed by atoms with E-state index in [1.807, 2.05) is 73.6 Å². The lowest BCUT2D eigenvalue weighted by Crippen LogP contribution is -2.41. The summed E-state index contributed by atoms with van der Waals surface area (Å²) in [4.78, 5) is 12.5. The maximum absolute atomic E-state index is 12.5. The summed E-state index contributed by atoms with van der Waals surface area (Å²) in [7, 11) is -0.450. The molecule has 0 saturated carbocycles. The summed E-state index contributed by atoms with van der Waals surface area (Å²) in [5, 5.41) is 5.39. The third kappa shape index (κ3) is 3.63. The van der Waals surface area contributed by atoms with Crippen LogP contribution >= 0.6 is 0 Å². The van der Waals surface area contributed by atoms with E-state index in [4.69, 9.17) is 14.0 Å². The SMILES string of the molecule is CCc1nn(C(=O)OC(C)(C)C)c2ccc(B3OC(C)(C)C(C)(C)O3)cc12. The second-order valence-electron chi connectivity index (χ2n) is 9.06. The molecule has 1 aliphatic rings. The molecule has 2 aromatic rings. The van der Waals surface area contributed by atoms with Crippen molar-refractivity contribution in [3.63, 3.8) is 0 Å². The van der Waals surface area contributed by atoms with Gasteiger partial charge in [0.2, 0.25) is 0 Å². The summed E-state index contributed by atoms with van der Waals surface area (Å²) < 4.78 is 19.1. The van der Waals surface area contributed by atoms with Crippen molar-refractivity contribution in [1.82, 2.24) is 9.78 Å². The summed E-state index contributed by atoms with van der Waals surface area (Å²) in [5.74, 6) is 0. The van der Waals surface area contributed by atoms with Gasteiger partial charge in [0.05, 0.1) is 22.4 Å². The summed E-state index contributed by atoms with van der Waals surface area (Å²) in [6, 6.07) is 5.81. The molecule has 0 radical (unpaired) electrons. The number of benzene rings is 1. The molecule has 0 unspecified atom stereocenters. The average molecular weight is 372 g/mol. The van der Waals surface area contributed by atoms with Crippen molar-refractivity contribution in [3.8, 4) is 0 Å². The predicted octanol–water partition coefficient (Wildman–Crippen LogP) is 3.68. The highest BCUT2D eigenvalue weighted by Crippen LogP contribution is 2.36. The van der Waals surface area contributed by atoms with E-state index in [1.54, 1.807) is 0 Å². The fraction of sp³-hybridized carbons (Fsp3) is 0.600. The van der Waals surface area contributed by atoms with E-state index < -0.39 is 30.0 Å². The minimum atomic E-state index is -0.579. The molecule has 1 aliphatic heterocycles. The first kappa shape index (κ1) is 19.9. The van der Waals surface area contributed by atoms with Crippen LogP contribution in [0.2, 0.25) is 0 Å². The first-order chi connectivity index (χ1) is 12.3. The Kier molecular flexibility index (Phi) is 4.68. The van der Waals surface area contributed by atoms with Crippen LogP contribution in [0.3, 0.4) is 0 Å². The Morgan fingerprint density at radius 3 is 2.30 bits per heavy atom. The maximum Gasteiger partial charge on any atom is 0.494 e. The van der Waals surface area contributed by atoms with Crippen molar-refractivity contribution < 1.29 is 18.8 Å². The van der Waals surface area contributed by atoms with Gasteiger partial charge in [-0.25, -0.2) is 4.79 Å². The number of hydrogen-bond acceptors (Lipinski definition) is 5. The van der Waals surface area contributed by atoms with Crippen LogP contribution in [0.5, 0.6) is 0 Å². The smallest absolute Gasteiger partial charge is 0.442 e. The number of fused-ring (bicyclic) bond motifs is 1. The van der Waals surface area contributed by atoms with Gasteiger partial charge in [-0.1, -0.05) is 19.1 Å². The molecule has 0 bridgehead atoms. The molecule has 0 aliphatic carbocycles. The number of ether oxygens (including phenoxy) is 1. The molecular weight excluding hydrogens is 343 g/mol. The lowest BCUT2D eigenvalue weighted by molar-refractivity contribution is 0.00578. The van der Waals surface area contributed by atoms with Crippen molar-refractivity contribution in [3.05, 3.63) is 23.9 Å². The van der Waals surface area contributed by atoms with Gasteiger partial charge in [0.15, 0.2) is 0 Å². The molecule has 0 amide bonds. The lowest BCUT2D eigenvalue weighted by atomic mass is 9.78. The number of carbonyl (C=O) groups is 1. The Morgan fingerprint density at radius 1 is 1.19 bits per heavy atom. The highest BCUT2D eigenvalue weighted by molar-refractivity contribution is 6.62. The molecule has 0 atom stereocenters. The zero-order valence-electron chi connectivity index (χ0n) is 17.5. The largest absolute Gasteiger partial charge is 0.494 e. The van der Waals surface area contributed by atoms with Crippen LogP contribution in [0.25, 0.3) is 10.9 Å². The molecule has 1 fully saturated rings. The van der Waals surface area contributed by atoms with Crippen LogP contribution in [0.4, 0.5) is 4.79 Å². The molecule has 1 aromatic heterocycles. The molecule has 1 saturated heterocycles. The number of hydrogen-bond donors (Lipinski definition) is 0. The van der Waals surface area contributed by atoms with Crippen LogP contribution < -0.4 is 5.46 Å². The number of carbonyl (C=O) groups excluding carboxylic acids is 1. The molecule has 7 heteroatoms. The zero-order chi connectivity index (χ0) is 20.2. The monoisotopic (exact) mass is 372 g/mol. The second-order valence-corrected chi connectivity index (χ2v) is 9.06. The van der Waals surface area contributed by atoms with E-state index in [1.165, 1.54) is 4.68 Å². The molecule has 0 N–H and O–H groups in total. The highest BCUT2D eigenvalue weighted by Gasteiger charge is 2.51. The molecule has 6 nitrogen and oxygen atoms in total. The third-order valence-corrected chi connectivity index (χ3v) is 5.21. The first-order valence-corrected chi connectivity index (χ1v) is 9.45. The van der Waals surface area contributed by atoms with Gasteiger partial charge in [-0.15, -0.1) is 0 Å². The molecule has 146 valence electrons. The molecule has 0 spiro atoms. The van der Waals surface area contributed by atoms with Gasteiger partial charge in [0.25, 0.3) is 0 Å². The predicted molar refractivity (Wildman–Crippen MR) is 106 cm³/mol. The molecular formula is C20H29BN2O4. The van der Waals surface area contributed by atoms with E-state index in [0.717, 1.165) is 22.1 Å². The first-order valence-electron chi connectivity index (χ1n) is 9.45. The molecule has 3 rings (SSSR count). The fourth-order valence-corrected chi connectivity index (χ4v) is 3.03. The normalized spacial score (nSPS) is 18.9. The van der Waals surface area contributed by atoms with Gasteiger partial charge in [-0.2, -0.15) is 9.78 Å². The molecule has 2 heterocycles. The summed E-state index contributed by atoms with van der Waals surface area (Å²) in [6.45, 7) is 15.7. The minimum absolute atomic E-state index is 0.402. The highest BCUT2D eigenvalue weighted by atomic mass is 16.7. The third-order valence-electron chi connectivity index (χ3n) is 5.21. The van der Waals surface area contributed by atoms with Crippen molar-refractivity contribution in [1.29, 1.82) is 0 Å². The topological polar surface area (TPSA) is 62.6 Å². The minimum Gasteiger partial charge on any atom is -0.442 e. The van der Waals surface area contributed by atoms with Crippen molar-refractivity contribution in [2.75, 3.05) is 0 Å². The van der Waals surface area contributed by atoms with E-state index in [-0.39, 0.29) is 0 Å². The number of aromatic nitrogens is 2. The van der Waals surface area contributed by atoms with E-state index in [2.05, 4.69) is 5.10 Å². The van der Waals surface area contributed by atoms with Crippen LogP contribution in [0.1, 0.15) is 61.1 Å². The summed E-state index contributed by atoms with van der Waals surface area (Å²) in [5.41, 5.74) is 1.10. The van der Waals surface area contributed by atoms with E-state index >= 15 is 0 Å². The Labute approximate surface area is 161 Å². The Bertz CT molecular complexity index is 864. The van der Waals surface area contributed by atoms with Crippen LogP contribution in [0, 0.1) is 0 Å². The van der Waals surface area contributed by atoms with Crippen molar-refractivity contribution >= 4 is 29.6 Å². The van der Waals surface area contributed by atoms with Gasteiger partial charge in [0.1, 0.15) is 5.60 Å². The Hall–Kier alpha value is -1.86. The average Bonchev–Trinajstić information content (AvgIpc) is 2.99. The number of rotatable bonds is 2. The summed E-state index contributed by atoms with van der Waals surface area (Å²) >= 11 is 0. The second kappa shape index (κ2) is 6.35. The van der Waals surface area contributed by atoms with Gasteiger partial charge >= 0.3 is 13.2 Å². The number of aryl methyl sites for hydroxylation is 1. The number of nitrogens with zero attached hydrogens (tertiary/aromatic N) is 2. The van der Waals surface area contributed by atoms with Gasteiger partial charge < -0.3 is 14.0 Å². The van der Waals surface area contributed by atoms with Crippen molar-refractivity contribution in [2.45, 2.75) is 78.6 Å². The summed E-state index contributed by atoms with van der Waals surface area (Å²) in [6.07, 6.45) is 0.231. The lowest BCUT2D eigenvalue weighted by Gasteiger charge is -2.32. The van der Waals surface area contributed by atoms with Crippen molar-refractivity contribution in [2.24, 2.45) is 0 Å². The van der Waals surface area contributed by atoms with Gasteiger partial charge in [-0.3, -0.25) is 0 Å². The Balaban J connectivity index is 2.00. The quantitative estimate of drug-likeness (QED) is 0.753. The fourth-order valence-electron chi connectivity index (χ4n) is 3.03. The molecule has 27 heavy (non-hydrogen) atoms. The van der Waals surface area contributed by atoms with Crippen LogP contribution in [-0.2, 0) is 20.5 Å². The van der Waals surface area contributed by atoms with Gasteiger partial charge in [0, 0.05) is 5.39 Å². The zero-order valence-corrected chi connectivity index (χ0v) is 17.5. The van der Waals surface area contributed by atoms with Crippen LogP contribution in [0.15, 0.2) is 18.2 Å². The van der Waals surface area contributed by atoms with E-state index in [0.29, 0.717) is 6.42 Å². The Morgan fingerprint density at radius 2 is 1.78 bits per heavy atom. The maximum atomic E-state index is 12.5. The molecule has 1 aromatic carbocycles.